The van der Waals surface area contributed by atoms with Gasteiger partial charge in [-0.1, -0.05) is 71.2 Å². The summed E-state index contributed by atoms with van der Waals surface area (Å²) < 4.78 is 0. The average molecular weight is 520 g/mol. The van der Waals surface area contributed by atoms with E-state index < -0.39 is 0 Å². The number of rotatable bonds is 8. The van der Waals surface area contributed by atoms with Gasteiger partial charge in [-0.05, 0) is 60.7 Å². The maximum absolute atomic E-state index is 4.42. The Morgan fingerprint density at radius 2 is 0.946 bits per heavy atom. The van der Waals surface area contributed by atoms with Crippen LogP contribution >= 0.6 is 22.7 Å². The van der Waals surface area contributed by atoms with Crippen molar-refractivity contribution in [1.29, 1.82) is 0 Å². The minimum atomic E-state index is 0.749. The highest BCUT2D eigenvalue weighted by Gasteiger charge is 2.12. The van der Waals surface area contributed by atoms with Gasteiger partial charge >= 0.3 is 0 Å². The van der Waals surface area contributed by atoms with E-state index in [1.54, 1.807) is 0 Å². The lowest BCUT2D eigenvalue weighted by Gasteiger charge is -2.10. The molecule has 7 nitrogen and oxygen atoms in total. The third kappa shape index (κ3) is 5.48. The molecule has 0 fully saturated rings. The number of nitrogens with one attached hydrogen (secondary N) is 3. The minimum absolute atomic E-state index is 0.749. The van der Waals surface area contributed by atoms with Crippen LogP contribution in [0.4, 0.5) is 33.0 Å². The van der Waals surface area contributed by atoms with Gasteiger partial charge in [0.05, 0.1) is 0 Å². The summed E-state index contributed by atoms with van der Waals surface area (Å²) in [5.74, 6) is 0. The Bertz CT molecular complexity index is 1600. The van der Waals surface area contributed by atoms with Gasteiger partial charge in [-0.3, -0.25) is 0 Å². The molecule has 2 heterocycles. The van der Waals surface area contributed by atoms with Crippen molar-refractivity contribution in [1.82, 2.24) is 20.4 Å². The smallest absolute Gasteiger partial charge is 0.210 e. The third-order valence-electron chi connectivity index (χ3n) is 5.47. The summed E-state index contributed by atoms with van der Waals surface area (Å²) in [5, 5.41) is 30.7. The Kier molecular flexibility index (Phi) is 6.52. The van der Waals surface area contributed by atoms with Crippen molar-refractivity contribution in [2.45, 2.75) is 0 Å². The third-order valence-corrected chi connectivity index (χ3v) is 7.23. The van der Waals surface area contributed by atoms with E-state index in [1.807, 2.05) is 109 Å². The molecule has 6 rings (SSSR count). The summed E-state index contributed by atoms with van der Waals surface area (Å²) in [6.07, 6.45) is 0. The minimum Gasteiger partial charge on any atom is -0.355 e. The second kappa shape index (κ2) is 10.6. The molecule has 4 aromatic carbocycles. The van der Waals surface area contributed by atoms with Gasteiger partial charge in [0, 0.05) is 33.9 Å². The summed E-state index contributed by atoms with van der Waals surface area (Å²) in [6.45, 7) is 0. The molecule has 37 heavy (non-hydrogen) atoms. The molecule has 0 aliphatic heterocycles. The van der Waals surface area contributed by atoms with Crippen LogP contribution in [0.2, 0.25) is 0 Å². The van der Waals surface area contributed by atoms with Gasteiger partial charge in [-0.25, -0.2) is 0 Å². The van der Waals surface area contributed by atoms with Crippen LogP contribution in [0.25, 0.3) is 21.1 Å². The Morgan fingerprint density at radius 1 is 0.432 bits per heavy atom. The number of nitrogens with zero attached hydrogens (tertiary/aromatic N) is 4. The molecule has 0 bridgehead atoms. The molecule has 0 unspecified atom stereocenters. The van der Waals surface area contributed by atoms with Gasteiger partial charge in [0.2, 0.25) is 10.3 Å². The van der Waals surface area contributed by atoms with Crippen molar-refractivity contribution in [3.8, 4) is 21.1 Å². The van der Waals surface area contributed by atoms with E-state index in [9.17, 15) is 0 Å². The average Bonchev–Trinajstić information content (AvgIpc) is 3.61. The fourth-order valence-corrected chi connectivity index (χ4v) is 5.27. The zero-order valence-electron chi connectivity index (χ0n) is 19.5. The lowest BCUT2D eigenvalue weighted by Crippen LogP contribution is -1.93. The van der Waals surface area contributed by atoms with Gasteiger partial charge in [-0.15, -0.1) is 20.4 Å². The summed E-state index contributed by atoms with van der Waals surface area (Å²) in [7, 11) is 0. The van der Waals surface area contributed by atoms with Crippen molar-refractivity contribution in [3.63, 3.8) is 0 Å². The molecule has 0 radical (unpaired) electrons. The topological polar surface area (TPSA) is 87.7 Å². The van der Waals surface area contributed by atoms with E-state index >= 15 is 0 Å². The number of hydrogen-bond donors (Lipinski definition) is 3. The largest absolute Gasteiger partial charge is 0.355 e. The molecule has 0 saturated carbocycles. The van der Waals surface area contributed by atoms with Gasteiger partial charge < -0.3 is 16.0 Å². The van der Waals surface area contributed by atoms with Gasteiger partial charge in [0.15, 0.2) is 5.01 Å². The lowest BCUT2D eigenvalue weighted by atomic mass is 10.1. The monoisotopic (exact) mass is 519 g/mol. The predicted molar refractivity (Wildman–Crippen MR) is 153 cm³/mol. The second-order valence-electron chi connectivity index (χ2n) is 8.05. The van der Waals surface area contributed by atoms with Gasteiger partial charge in [0.1, 0.15) is 5.01 Å². The van der Waals surface area contributed by atoms with Crippen molar-refractivity contribution < 1.29 is 0 Å². The van der Waals surface area contributed by atoms with Crippen molar-refractivity contribution in [2.24, 2.45) is 0 Å². The molecule has 9 heteroatoms. The number of benzene rings is 4. The first-order chi connectivity index (χ1) is 18.3. The molecule has 0 aliphatic rings. The fraction of sp³-hybridized carbons (Fsp3) is 0. The second-order valence-corrected chi connectivity index (χ2v) is 10.0. The normalized spacial score (nSPS) is 10.7. The zero-order valence-corrected chi connectivity index (χ0v) is 21.1. The predicted octanol–water partition coefficient (Wildman–Crippen LogP) is 7.95. The van der Waals surface area contributed by atoms with E-state index in [4.69, 9.17) is 0 Å². The molecule has 3 N–H and O–H groups in total. The fourth-order valence-electron chi connectivity index (χ4n) is 3.69. The maximum Gasteiger partial charge on any atom is 0.210 e. The highest BCUT2D eigenvalue weighted by atomic mass is 32.1. The summed E-state index contributed by atoms with van der Waals surface area (Å²) >= 11 is 3.03. The number of para-hydroxylation sites is 3. The molecule has 0 amide bonds. The van der Waals surface area contributed by atoms with E-state index in [0.29, 0.717) is 0 Å². The summed E-state index contributed by atoms with van der Waals surface area (Å²) in [6, 6.07) is 36.2. The first-order valence-electron chi connectivity index (χ1n) is 11.6. The maximum atomic E-state index is 4.42. The van der Waals surface area contributed by atoms with Crippen LogP contribution in [0.5, 0.6) is 0 Å². The number of aromatic nitrogens is 4. The SMILES string of the molecule is c1ccc(Nc2nnc(-c3ccc(Nc4ccccc4-c4nnc(Nc5ccccc5)s4)cc3)s2)cc1. The van der Waals surface area contributed by atoms with E-state index in [-0.39, 0.29) is 0 Å². The summed E-state index contributed by atoms with van der Waals surface area (Å²) in [4.78, 5) is 0. The zero-order chi connectivity index (χ0) is 24.9. The molecule has 0 saturated heterocycles. The Hall–Kier alpha value is -4.60. The highest BCUT2D eigenvalue weighted by Crippen LogP contribution is 2.35. The van der Waals surface area contributed by atoms with Crippen molar-refractivity contribution in [3.05, 3.63) is 109 Å². The van der Waals surface area contributed by atoms with Crippen molar-refractivity contribution in [2.75, 3.05) is 16.0 Å². The quantitative estimate of drug-likeness (QED) is 0.188. The molecule has 0 atom stereocenters. The Morgan fingerprint density at radius 3 is 1.59 bits per heavy atom. The molecule has 180 valence electrons. The molecule has 0 spiro atoms. The van der Waals surface area contributed by atoms with Crippen LogP contribution in [-0.2, 0) is 0 Å². The molecule has 2 aromatic heterocycles. The van der Waals surface area contributed by atoms with Gasteiger partial charge in [-0.2, -0.15) is 0 Å². The van der Waals surface area contributed by atoms with Gasteiger partial charge in [0.25, 0.3) is 0 Å². The molecule has 6 aromatic rings. The van der Waals surface area contributed by atoms with Crippen LogP contribution in [0.3, 0.4) is 0 Å². The van der Waals surface area contributed by atoms with E-state index in [0.717, 1.165) is 54.2 Å². The first-order valence-corrected chi connectivity index (χ1v) is 13.2. The first kappa shape index (κ1) is 22.8. The molecular formula is C28H21N7S2. The number of anilines is 6. The van der Waals surface area contributed by atoms with E-state index in [1.165, 1.54) is 22.7 Å². The molecule has 0 aliphatic carbocycles. The Labute approximate surface area is 221 Å². The van der Waals surface area contributed by atoms with Crippen LogP contribution in [0.15, 0.2) is 109 Å². The lowest BCUT2D eigenvalue weighted by molar-refractivity contribution is 1.10. The highest BCUT2D eigenvalue weighted by molar-refractivity contribution is 7.18. The van der Waals surface area contributed by atoms with Crippen LogP contribution < -0.4 is 16.0 Å². The van der Waals surface area contributed by atoms with E-state index in [2.05, 4.69) is 36.3 Å². The number of hydrogen-bond acceptors (Lipinski definition) is 9. The van der Waals surface area contributed by atoms with Crippen LogP contribution in [-0.4, -0.2) is 20.4 Å². The van der Waals surface area contributed by atoms with Crippen LogP contribution in [0.1, 0.15) is 0 Å². The summed E-state index contributed by atoms with van der Waals surface area (Å²) in [5.41, 5.74) is 5.90. The molecular weight excluding hydrogens is 498 g/mol. The van der Waals surface area contributed by atoms with Crippen LogP contribution in [0, 0.1) is 0 Å². The van der Waals surface area contributed by atoms with Crippen molar-refractivity contribution >= 4 is 55.7 Å². The Balaban J connectivity index is 1.16. The standard InChI is InChI=1S/C28H21N7S2/c1-3-9-20(10-4-1)30-27-34-32-25(36-27)19-15-17-22(18-16-19)29-24-14-8-7-13-23(24)26-33-35-28(37-26)31-21-11-5-2-6-12-21/h1-18,29H,(H,30,34)(H,31,35).